The Kier molecular flexibility index (Phi) is 9.83. The Morgan fingerprint density at radius 2 is 1.71 bits per heavy atom. The van der Waals surface area contributed by atoms with E-state index in [0.29, 0.717) is 42.7 Å². The van der Waals surface area contributed by atoms with Gasteiger partial charge in [0.1, 0.15) is 0 Å². The van der Waals surface area contributed by atoms with Crippen LogP contribution in [0.25, 0.3) is 11.1 Å². The number of benzene rings is 3. The molecule has 1 fully saturated rings. The maximum Gasteiger partial charge on any atom is 0.416 e. The zero-order valence-corrected chi connectivity index (χ0v) is 23.9. The number of alkyl halides is 4. The van der Waals surface area contributed by atoms with E-state index in [1.165, 1.54) is 18.2 Å². The average Bonchev–Trinajstić information content (AvgIpc) is 3.08. The lowest BCUT2D eigenvalue weighted by Crippen LogP contribution is -2.47. The van der Waals surface area contributed by atoms with Crippen LogP contribution < -0.4 is 0 Å². The summed E-state index contributed by atoms with van der Waals surface area (Å²) in [6.07, 6.45) is -1.64. The molecule has 3 aromatic rings. The molecule has 0 radical (unpaired) electrons. The molecule has 0 bridgehead atoms. The molecule has 0 unspecified atom stereocenters. The fourth-order valence-corrected chi connectivity index (χ4v) is 6.12. The summed E-state index contributed by atoms with van der Waals surface area (Å²) < 4.78 is 54.9. The summed E-state index contributed by atoms with van der Waals surface area (Å²) in [4.78, 5) is 13.9. The van der Waals surface area contributed by atoms with Crippen LogP contribution in [0.15, 0.2) is 60.7 Å². The van der Waals surface area contributed by atoms with Gasteiger partial charge in [0.2, 0.25) is 0 Å². The van der Waals surface area contributed by atoms with Gasteiger partial charge in [0.25, 0.3) is 0 Å². The number of hydrogen-bond donors (Lipinski definition) is 1. The van der Waals surface area contributed by atoms with Gasteiger partial charge in [-0.3, -0.25) is 4.39 Å². The molecule has 0 amide bonds. The van der Waals surface area contributed by atoms with Crippen molar-refractivity contribution < 1.29 is 27.5 Å². The molecule has 0 spiro atoms. The summed E-state index contributed by atoms with van der Waals surface area (Å²) in [7, 11) is 0. The molecule has 0 saturated carbocycles. The van der Waals surface area contributed by atoms with E-state index < -0.39 is 17.7 Å². The van der Waals surface area contributed by atoms with Gasteiger partial charge in [-0.1, -0.05) is 41.9 Å². The molecule has 1 aliphatic heterocycles. The predicted molar refractivity (Wildman–Crippen MR) is 157 cm³/mol. The van der Waals surface area contributed by atoms with E-state index in [-0.39, 0.29) is 35.2 Å². The molecule has 41 heavy (non-hydrogen) atoms. The summed E-state index contributed by atoms with van der Waals surface area (Å²) in [5, 5.41) is 9.76. The minimum absolute atomic E-state index is 0. The Balaban J connectivity index is 0.00000387. The molecule has 9 heteroatoms. The average molecular weight is 609 g/mol. The monoisotopic (exact) mass is 607 g/mol. The SMILES string of the molecule is Cl.O=C(O)c1ccc2c(c1)CCCC(c1cc(Cl)ccc1C(F)(F)F)=C2c1ccc(CC2CN(CCCF)C2)cc1. The largest absolute Gasteiger partial charge is 0.478 e. The highest BCUT2D eigenvalue weighted by molar-refractivity contribution is 6.30. The number of aromatic carboxylic acids is 1. The lowest BCUT2D eigenvalue weighted by Gasteiger charge is -2.39. The zero-order chi connectivity index (χ0) is 28.4. The Morgan fingerprint density at radius 1 is 0.976 bits per heavy atom. The zero-order valence-electron chi connectivity index (χ0n) is 22.3. The fraction of sp³-hybridized carbons (Fsp3) is 0.344. The third-order valence-electron chi connectivity index (χ3n) is 7.82. The lowest BCUT2D eigenvalue weighted by atomic mass is 9.85. The first-order valence-electron chi connectivity index (χ1n) is 13.5. The minimum atomic E-state index is -4.56. The molecule has 3 aromatic carbocycles. The van der Waals surface area contributed by atoms with Gasteiger partial charge in [-0.05, 0) is 107 Å². The van der Waals surface area contributed by atoms with E-state index >= 15 is 0 Å². The number of fused-ring (bicyclic) bond motifs is 1. The second-order valence-electron chi connectivity index (χ2n) is 10.6. The van der Waals surface area contributed by atoms with E-state index in [0.717, 1.165) is 54.4 Å². The summed E-state index contributed by atoms with van der Waals surface area (Å²) in [6, 6.07) is 16.4. The summed E-state index contributed by atoms with van der Waals surface area (Å²) in [6.45, 7) is 2.34. The fourth-order valence-electron chi connectivity index (χ4n) is 5.95. The van der Waals surface area contributed by atoms with Gasteiger partial charge >= 0.3 is 12.1 Å². The van der Waals surface area contributed by atoms with Gasteiger partial charge in [-0.25, -0.2) is 4.79 Å². The number of nitrogens with zero attached hydrogens (tertiary/aromatic N) is 1. The number of halogens is 6. The smallest absolute Gasteiger partial charge is 0.416 e. The highest BCUT2D eigenvalue weighted by Gasteiger charge is 2.35. The van der Waals surface area contributed by atoms with Crippen LogP contribution >= 0.6 is 24.0 Å². The Morgan fingerprint density at radius 3 is 2.37 bits per heavy atom. The van der Waals surface area contributed by atoms with Crippen LogP contribution in [0.1, 0.15) is 63.0 Å². The number of carbonyl (C=O) groups is 1. The van der Waals surface area contributed by atoms with E-state index in [1.54, 1.807) is 12.1 Å². The molecule has 3 nitrogen and oxygen atoms in total. The van der Waals surface area contributed by atoms with Gasteiger partial charge in [-0.15, -0.1) is 12.4 Å². The first-order valence-corrected chi connectivity index (χ1v) is 13.9. The van der Waals surface area contributed by atoms with Crippen molar-refractivity contribution in [3.05, 3.63) is 105 Å². The number of aryl methyl sites for hydroxylation is 1. The van der Waals surface area contributed by atoms with Crippen molar-refractivity contribution in [2.45, 2.75) is 38.3 Å². The Bertz CT molecular complexity index is 1430. The van der Waals surface area contributed by atoms with Crippen molar-refractivity contribution in [2.75, 3.05) is 26.3 Å². The van der Waals surface area contributed by atoms with Crippen LogP contribution in [0.4, 0.5) is 17.6 Å². The molecular weight excluding hydrogens is 577 g/mol. The van der Waals surface area contributed by atoms with Gasteiger partial charge in [-0.2, -0.15) is 13.2 Å². The highest BCUT2D eigenvalue weighted by atomic mass is 35.5. The van der Waals surface area contributed by atoms with Crippen LogP contribution in [-0.2, 0) is 19.0 Å². The Hall–Kier alpha value is -2.87. The van der Waals surface area contributed by atoms with Gasteiger partial charge in [0.15, 0.2) is 0 Å². The molecule has 0 atom stereocenters. The normalized spacial score (nSPS) is 16.0. The number of carboxylic acids is 1. The summed E-state index contributed by atoms with van der Waals surface area (Å²) >= 11 is 6.23. The number of rotatable bonds is 8. The van der Waals surface area contributed by atoms with Crippen molar-refractivity contribution in [1.82, 2.24) is 4.90 Å². The third-order valence-corrected chi connectivity index (χ3v) is 8.05. The van der Waals surface area contributed by atoms with E-state index in [2.05, 4.69) is 4.90 Å². The molecule has 2 aliphatic rings. The van der Waals surface area contributed by atoms with E-state index in [9.17, 15) is 27.5 Å². The van der Waals surface area contributed by atoms with Crippen LogP contribution in [-0.4, -0.2) is 42.3 Å². The molecular formula is C32H31Cl2F4NO2. The van der Waals surface area contributed by atoms with Gasteiger partial charge in [0, 0.05) is 24.7 Å². The second-order valence-corrected chi connectivity index (χ2v) is 11.1. The minimum Gasteiger partial charge on any atom is -0.478 e. The molecule has 5 rings (SSSR count). The van der Waals surface area contributed by atoms with Crippen molar-refractivity contribution in [1.29, 1.82) is 0 Å². The molecule has 1 saturated heterocycles. The lowest BCUT2D eigenvalue weighted by molar-refractivity contribution is -0.137. The first kappa shape index (κ1) is 31.1. The number of likely N-dealkylation sites (tertiary alicyclic amines) is 1. The first-order chi connectivity index (χ1) is 19.1. The summed E-state index contributed by atoms with van der Waals surface area (Å²) in [5.41, 5.74) is 4.12. The van der Waals surface area contributed by atoms with Crippen LogP contribution in [0.5, 0.6) is 0 Å². The van der Waals surface area contributed by atoms with Gasteiger partial charge in [0.05, 0.1) is 17.8 Å². The summed E-state index contributed by atoms with van der Waals surface area (Å²) in [5.74, 6) is -0.551. The highest BCUT2D eigenvalue weighted by Crippen LogP contribution is 2.45. The van der Waals surface area contributed by atoms with Crippen molar-refractivity contribution in [2.24, 2.45) is 5.92 Å². The predicted octanol–water partition coefficient (Wildman–Crippen LogP) is 8.61. The van der Waals surface area contributed by atoms with Crippen LogP contribution in [0.3, 0.4) is 0 Å². The second kappa shape index (κ2) is 13.0. The van der Waals surface area contributed by atoms with E-state index in [4.69, 9.17) is 11.6 Å². The number of allylic oxidation sites excluding steroid dienone is 1. The maximum atomic E-state index is 14.2. The van der Waals surface area contributed by atoms with Crippen molar-refractivity contribution in [3.8, 4) is 0 Å². The molecule has 1 aliphatic carbocycles. The Labute approximate surface area is 248 Å². The van der Waals surface area contributed by atoms with E-state index in [1.807, 2.05) is 24.3 Å². The van der Waals surface area contributed by atoms with Crippen LogP contribution in [0, 0.1) is 5.92 Å². The molecule has 0 aromatic heterocycles. The number of hydrogen-bond acceptors (Lipinski definition) is 2. The van der Waals surface area contributed by atoms with Crippen molar-refractivity contribution in [3.63, 3.8) is 0 Å². The third kappa shape index (κ3) is 6.96. The standard InChI is InChI=1S/C32H30ClF4NO2.ClH/c33-25-10-12-29(32(35,36)37)28(17-25)27-4-1-3-23-16-24(31(39)40)9-11-26(23)30(27)22-7-5-20(6-8-22)15-21-18-38(19-21)14-2-13-34;/h5-12,16-17,21H,1-4,13-15,18-19H2,(H,39,40);1H. The van der Waals surface area contributed by atoms with Crippen LogP contribution in [0.2, 0.25) is 5.02 Å². The molecule has 218 valence electrons. The maximum absolute atomic E-state index is 14.2. The van der Waals surface area contributed by atoms with Crippen molar-refractivity contribution >= 4 is 41.1 Å². The molecule has 1 N–H and O–H groups in total. The number of carboxylic acid groups (broad SMARTS) is 1. The quantitative estimate of drug-likeness (QED) is 0.261. The molecule has 1 heterocycles. The van der Waals surface area contributed by atoms with Gasteiger partial charge < -0.3 is 10.0 Å². The topological polar surface area (TPSA) is 40.5 Å².